The molecule has 2 aromatic heterocycles. The zero-order chi connectivity index (χ0) is 9.97. The Morgan fingerprint density at radius 1 is 1.43 bits per heavy atom. The minimum Gasteiger partial charge on any atom is -0.363 e. The van der Waals surface area contributed by atoms with Crippen LogP contribution in [0.1, 0.15) is 16.6 Å². The predicted molar refractivity (Wildman–Crippen MR) is 63.7 cm³/mol. The van der Waals surface area contributed by atoms with E-state index in [4.69, 9.17) is 0 Å². The maximum atomic E-state index is 3.47. The molecular weight excluding hydrogens is 260 g/mol. The number of hydrogen-bond acceptors (Lipinski definition) is 2. The Morgan fingerprint density at radius 2 is 2.29 bits per heavy atom. The molecule has 0 radical (unpaired) electrons. The summed E-state index contributed by atoms with van der Waals surface area (Å²) in [4.78, 5) is 4.53. The molecule has 0 bridgehead atoms. The van der Waals surface area contributed by atoms with E-state index >= 15 is 0 Å². The standard InChI is InChI=1S/C10H11BrN2S/c1-12-10(7-3-2-6-13-7)8-4-5-9(11)14-8/h2-6,10,12-13H,1H3. The van der Waals surface area contributed by atoms with Crippen molar-refractivity contribution in [1.29, 1.82) is 0 Å². The van der Waals surface area contributed by atoms with Gasteiger partial charge < -0.3 is 10.3 Å². The molecule has 14 heavy (non-hydrogen) atoms. The molecule has 0 aliphatic rings. The second kappa shape index (κ2) is 4.29. The summed E-state index contributed by atoms with van der Waals surface area (Å²) in [6.45, 7) is 0. The van der Waals surface area contributed by atoms with Crippen LogP contribution in [0.3, 0.4) is 0 Å². The van der Waals surface area contributed by atoms with Crippen molar-refractivity contribution >= 4 is 27.3 Å². The van der Waals surface area contributed by atoms with E-state index in [-0.39, 0.29) is 6.04 Å². The summed E-state index contributed by atoms with van der Waals surface area (Å²) in [6, 6.07) is 8.59. The van der Waals surface area contributed by atoms with Gasteiger partial charge in [0, 0.05) is 16.8 Å². The third-order valence-electron chi connectivity index (χ3n) is 2.10. The van der Waals surface area contributed by atoms with Crippen LogP contribution in [0.5, 0.6) is 0 Å². The van der Waals surface area contributed by atoms with Crippen LogP contribution < -0.4 is 5.32 Å². The van der Waals surface area contributed by atoms with Gasteiger partial charge in [-0.25, -0.2) is 0 Å². The number of hydrogen-bond donors (Lipinski definition) is 2. The Hall–Kier alpha value is -0.580. The molecule has 0 saturated heterocycles. The van der Waals surface area contributed by atoms with Gasteiger partial charge in [-0.05, 0) is 47.2 Å². The van der Waals surface area contributed by atoms with Crippen molar-refractivity contribution in [3.05, 3.63) is 44.8 Å². The van der Waals surface area contributed by atoms with Crippen LogP contribution in [-0.4, -0.2) is 12.0 Å². The number of halogens is 1. The normalized spacial score (nSPS) is 13.0. The van der Waals surface area contributed by atoms with Gasteiger partial charge in [0.1, 0.15) is 0 Å². The van der Waals surface area contributed by atoms with Crippen LogP contribution in [0.4, 0.5) is 0 Å². The summed E-state index contributed by atoms with van der Waals surface area (Å²) < 4.78 is 1.17. The largest absolute Gasteiger partial charge is 0.363 e. The molecule has 2 rings (SSSR count). The van der Waals surface area contributed by atoms with Crippen molar-refractivity contribution in [1.82, 2.24) is 10.3 Å². The second-order valence-corrected chi connectivity index (χ2v) is 5.48. The van der Waals surface area contributed by atoms with Crippen molar-refractivity contribution in [3.63, 3.8) is 0 Å². The van der Waals surface area contributed by atoms with Crippen LogP contribution in [0.2, 0.25) is 0 Å². The van der Waals surface area contributed by atoms with Gasteiger partial charge in [-0.15, -0.1) is 11.3 Å². The minimum absolute atomic E-state index is 0.265. The van der Waals surface area contributed by atoms with Gasteiger partial charge in [-0.1, -0.05) is 0 Å². The Morgan fingerprint density at radius 3 is 2.79 bits per heavy atom. The molecule has 0 amide bonds. The average Bonchev–Trinajstić information content (AvgIpc) is 2.79. The lowest BCUT2D eigenvalue weighted by Crippen LogP contribution is -2.16. The molecule has 0 aliphatic carbocycles. The molecular formula is C10H11BrN2S. The summed E-state index contributed by atoms with van der Waals surface area (Å²) in [5.41, 5.74) is 1.20. The highest BCUT2D eigenvalue weighted by molar-refractivity contribution is 9.11. The highest BCUT2D eigenvalue weighted by Crippen LogP contribution is 2.30. The second-order valence-electron chi connectivity index (χ2n) is 2.99. The van der Waals surface area contributed by atoms with Crippen LogP contribution >= 0.6 is 27.3 Å². The van der Waals surface area contributed by atoms with Gasteiger partial charge in [-0.3, -0.25) is 0 Å². The van der Waals surface area contributed by atoms with Crippen molar-refractivity contribution in [2.24, 2.45) is 0 Å². The Bertz CT molecular complexity index is 394. The van der Waals surface area contributed by atoms with Crippen molar-refractivity contribution in [2.45, 2.75) is 6.04 Å². The lowest BCUT2D eigenvalue weighted by Gasteiger charge is -2.12. The topological polar surface area (TPSA) is 27.8 Å². The quantitative estimate of drug-likeness (QED) is 0.881. The molecule has 2 N–H and O–H groups in total. The van der Waals surface area contributed by atoms with Gasteiger partial charge in [0.2, 0.25) is 0 Å². The zero-order valence-electron chi connectivity index (χ0n) is 7.75. The first-order valence-corrected chi connectivity index (χ1v) is 5.98. The van der Waals surface area contributed by atoms with Crippen LogP contribution in [-0.2, 0) is 0 Å². The molecule has 0 fully saturated rings. The lowest BCUT2D eigenvalue weighted by molar-refractivity contribution is 0.687. The molecule has 1 unspecified atom stereocenters. The smallest absolute Gasteiger partial charge is 0.0820 e. The van der Waals surface area contributed by atoms with Crippen molar-refractivity contribution in [2.75, 3.05) is 7.05 Å². The van der Waals surface area contributed by atoms with Gasteiger partial charge >= 0.3 is 0 Å². The van der Waals surface area contributed by atoms with E-state index in [2.05, 4.69) is 44.4 Å². The maximum absolute atomic E-state index is 3.47. The summed E-state index contributed by atoms with van der Waals surface area (Å²) in [6.07, 6.45) is 1.95. The van der Waals surface area contributed by atoms with E-state index in [9.17, 15) is 0 Å². The molecule has 74 valence electrons. The fraction of sp³-hybridized carbons (Fsp3) is 0.200. The van der Waals surface area contributed by atoms with Gasteiger partial charge in [-0.2, -0.15) is 0 Å². The fourth-order valence-corrected chi connectivity index (χ4v) is 3.01. The summed E-state index contributed by atoms with van der Waals surface area (Å²) in [5.74, 6) is 0. The predicted octanol–water partition coefficient (Wildman–Crippen LogP) is 3.15. The summed E-state index contributed by atoms with van der Waals surface area (Å²) in [7, 11) is 1.97. The summed E-state index contributed by atoms with van der Waals surface area (Å²) >= 11 is 5.23. The molecule has 0 spiro atoms. The molecule has 0 aromatic carbocycles. The molecule has 2 nitrogen and oxygen atoms in total. The molecule has 2 aromatic rings. The van der Waals surface area contributed by atoms with Gasteiger partial charge in [0.25, 0.3) is 0 Å². The SMILES string of the molecule is CNC(c1ccc[nH]1)c1ccc(Br)s1. The third-order valence-corrected chi connectivity index (χ3v) is 3.79. The molecule has 4 heteroatoms. The Labute approximate surface area is 95.5 Å². The number of nitrogens with one attached hydrogen (secondary N) is 2. The minimum atomic E-state index is 0.265. The van der Waals surface area contributed by atoms with E-state index < -0.39 is 0 Å². The number of rotatable bonds is 3. The fourth-order valence-electron chi connectivity index (χ4n) is 1.46. The molecule has 0 aliphatic heterocycles. The van der Waals surface area contributed by atoms with E-state index in [1.54, 1.807) is 11.3 Å². The van der Waals surface area contributed by atoms with Crippen molar-refractivity contribution in [3.8, 4) is 0 Å². The number of H-pyrrole nitrogens is 1. The first-order valence-electron chi connectivity index (χ1n) is 4.37. The monoisotopic (exact) mass is 270 g/mol. The number of thiophene rings is 1. The Kier molecular flexibility index (Phi) is 3.05. The van der Waals surface area contributed by atoms with Crippen LogP contribution in [0.25, 0.3) is 0 Å². The van der Waals surface area contributed by atoms with Gasteiger partial charge in [0.15, 0.2) is 0 Å². The van der Waals surface area contributed by atoms with Gasteiger partial charge in [0.05, 0.1) is 9.83 Å². The summed E-state index contributed by atoms with van der Waals surface area (Å²) in [5, 5.41) is 3.29. The number of aromatic nitrogens is 1. The first-order chi connectivity index (χ1) is 6.81. The van der Waals surface area contributed by atoms with Crippen molar-refractivity contribution < 1.29 is 0 Å². The third kappa shape index (κ3) is 1.92. The number of aromatic amines is 1. The zero-order valence-corrected chi connectivity index (χ0v) is 10.2. The van der Waals surface area contributed by atoms with E-state index in [1.165, 1.54) is 14.4 Å². The average molecular weight is 271 g/mol. The maximum Gasteiger partial charge on any atom is 0.0820 e. The molecule has 0 saturated carbocycles. The van der Waals surface area contributed by atoms with Crippen LogP contribution in [0, 0.1) is 0 Å². The molecule has 2 heterocycles. The van der Waals surface area contributed by atoms with Crippen LogP contribution in [0.15, 0.2) is 34.2 Å². The Balaban J connectivity index is 2.31. The first kappa shape index (κ1) is 9.96. The van der Waals surface area contributed by atoms with E-state index in [0.29, 0.717) is 0 Å². The highest BCUT2D eigenvalue weighted by atomic mass is 79.9. The van der Waals surface area contributed by atoms with E-state index in [0.717, 1.165) is 0 Å². The molecule has 1 atom stereocenters. The lowest BCUT2D eigenvalue weighted by atomic mass is 10.2. The highest BCUT2D eigenvalue weighted by Gasteiger charge is 2.13. The van der Waals surface area contributed by atoms with E-state index in [1.807, 2.05) is 19.3 Å².